The fourth-order valence-electron chi connectivity index (χ4n) is 5.78. The molecule has 4 aromatic rings. The molecular formula is C30H35F2N7O2. The summed E-state index contributed by atoms with van der Waals surface area (Å²) in [5.74, 6) is -0.920. The van der Waals surface area contributed by atoms with Gasteiger partial charge in [-0.25, -0.2) is 18.3 Å². The lowest BCUT2D eigenvalue weighted by Crippen LogP contribution is -2.62. The maximum atomic E-state index is 15.1. The number of likely N-dealkylation sites (N-methyl/N-ethyl adjacent to an activating group) is 1. The number of anilines is 1. The van der Waals surface area contributed by atoms with Crippen molar-refractivity contribution in [2.45, 2.75) is 51.8 Å². The summed E-state index contributed by atoms with van der Waals surface area (Å²) >= 11 is 0. The zero-order valence-corrected chi connectivity index (χ0v) is 23.8. The van der Waals surface area contributed by atoms with E-state index < -0.39 is 17.2 Å². The van der Waals surface area contributed by atoms with Crippen molar-refractivity contribution >= 4 is 17.1 Å². The molecule has 0 spiro atoms. The van der Waals surface area contributed by atoms with Gasteiger partial charge >= 0.3 is 0 Å². The second-order valence-electron chi connectivity index (χ2n) is 11.5. The molecule has 1 aliphatic rings. The SMILES string of the molecule is CC(=O)N(C)[C@@H]1[C@H](N)CN(c2ccncc2Cc2ncc3ccc(-c4c(F)cc(C(C)(C)O)cc4F)nn23)C[C@@H]1C. The number of rotatable bonds is 6. The van der Waals surface area contributed by atoms with Crippen LogP contribution < -0.4 is 10.6 Å². The van der Waals surface area contributed by atoms with Crippen molar-refractivity contribution in [3.63, 3.8) is 0 Å². The molecule has 3 aromatic heterocycles. The van der Waals surface area contributed by atoms with E-state index in [1.165, 1.54) is 13.8 Å². The molecule has 11 heteroatoms. The van der Waals surface area contributed by atoms with Crippen LogP contribution in [0.2, 0.25) is 0 Å². The largest absolute Gasteiger partial charge is 0.386 e. The second-order valence-corrected chi connectivity index (χ2v) is 11.5. The van der Waals surface area contributed by atoms with Crippen LogP contribution in [0.5, 0.6) is 0 Å². The number of carbonyl (C=O) groups excluding carboxylic acids is 1. The highest BCUT2D eigenvalue weighted by molar-refractivity contribution is 5.73. The summed E-state index contributed by atoms with van der Waals surface area (Å²) in [7, 11) is 1.79. The topological polar surface area (TPSA) is 113 Å². The summed E-state index contributed by atoms with van der Waals surface area (Å²) in [6, 6.07) is 7.15. The number of pyridine rings is 1. The number of hydrogen-bond donors (Lipinski definition) is 2. The number of hydrogen-bond acceptors (Lipinski definition) is 7. The Hall–Kier alpha value is -3.96. The number of benzene rings is 1. The van der Waals surface area contributed by atoms with Crippen molar-refractivity contribution in [1.82, 2.24) is 24.5 Å². The second kappa shape index (κ2) is 10.8. The van der Waals surface area contributed by atoms with Gasteiger partial charge in [-0.05, 0) is 55.7 Å². The zero-order valence-electron chi connectivity index (χ0n) is 23.8. The van der Waals surface area contributed by atoms with Crippen LogP contribution >= 0.6 is 0 Å². The number of fused-ring (bicyclic) bond motifs is 1. The monoisotopic (exact) mass is 563 g/mol. The van der Waals surface area contributed by atoms with Crippen molar-refractivity contribution in [3.8, 4) is 11.3 Å². The van der Waals surface area contributed by atoms with E-state index in [0.29, 0.717) is 30.9 Å². The first-order chi connectivity index (χ1) is 19.3. The molecule has 0 aliphatic carbocycles. The minimum absolute atomic E-state index is 0.0126. The number of imidazole rings is 1. The Morgan fingerprint density at radius 1 is 1.17 bits per heavy atom. The molecule has 4 heterocycles. The van der Waals surface area contributed by atoms with Gasteiger partial charge in [0, 0.05) is 63.2 Å². The Labute approximate surface area is 237 Å². The molecule has 0 saturated carbocycles. The van der Waals surface area contributed by atoms with Crippen LogP contribution in [0.1, 0.15) is 44.6 Å². The van der Waals surface area contributed by atoms with Crippen LogP contribution in [-0.4, -0.2) is 67.7 Å². The van der Waals surface area contributed by atoms with Crippen LogP contribution in [0.4, 0.5) is 14.5 Å². The third-order valence-corrected chi connectivity index (χ3v) is 7.93. The molecule has 1 saturated heterocycles. The van der Waals surface area contributed by atoms with E-state index in [-0.39, 0.29) is 40.7 Å². The Bertz CT molecular complexity index is 1560. The standard InChI is InChI=1S/C30H35F2N7O2/c1-17-15-38(16-24(33)29(17)37(5)18(2)40)26-8-9-34-13-19(26)10-27-35-14-21-6-7-25(36-39(21)27)28-22(31)11-20(12-23(28)32)30(3,4)41/h6-9,11-14,17,24,29,41H,10,15-16,33H2,1-5H3/t17-,24+,29-/m0/s1. The van der Waals surface area contributed by atoms with Gasteiger partial charge < -0.3 is 20.6 Å². The highest BCUT2D eigenvalue weighted by atomic mass is 19.1. The molecule has 3 atom stereocenters. The van der Waals surface area contributed by atoms with E-state index in [2.05, 4.69) is 26.9 Å². The summed E-state index contributed by atoms with van der Waals surface area (Å²) in [4.78, 5) is 24.8. The summed E-state index contributed by atoms with van der Waals surface area (Å²) in [5.41, 5.74) is 7.68. The maximum Gasteiger partial charge on any atom is 0.219 e. The molecule has 41 heavy (non-hydrogen) atoms. The molecule has 3 N–H and O–H groups in total. The minimum Gasteiger partial charge on any atom is -0.386 e. The highest BCUT2D eigenvalue weighted by Gasteiger charge is 2.36. The van der Waals surface area contributed by atoms with E-state index in [4.69, 9.17) is 5.73 Å². The third kappa shape index (κ3) is 5.51. The van der Waals surface area contributed by atoms with Crippen LogP contribution in [0, 0.1) is 17.6 Å². The average Bonchev–Trinajstić information content (AvgIpc) is 3.29. The quantitative estimate of drug-likeness (QED) is 0.369. The smallest absolute Gasteiger partial charge is 0.219 e. The summed E-state index contributed by atoms with van der Waals surface area (Å²) in [6.45, 7) is 7.85. The van der Waals surface area contributed by atoms with E-state index in [1.807, 2.05) is 6.07 Å². The van der Waals surface area contributed by atoms with Gasteiger partial charge in [-0.2, -0.15) is 5.10 Å². The molecular weight excluding hydrogens is 528 g/mol. The lowest BCUT2D eigenvalue weighted by molar-refractivity contribution is -0.131. The van der Waals surface area contributed by atoms with Crippen molar-refractivity contribution in [3.05, 3.63) is 77.5 Å². The molecule has 1 aromatic carbocycles. The zero-order chi connectivity index (χ0) is 29.6. The fourth-order valence-corrected chi connectivity index (χ4v) is 5.78. The van der Waals surface area contributed by atoms with E-state index >= 15 is 8.78 Å². The normalized spacial score (nSPS) is 19.5. The molecule has 216 valence electrons. The van der Waals surface area contributed by atoms with E-state index in [0.717, 1.165) is 23.4 Å². The number of piperidine rings is 1. The Kier molecular flexibility index (Phi) is 7.52. The molecule has 9 nitrogen and oxygen atoms in total. The van der Waals surface area contributed by atoms with Crippen molar-refractivity contribution < 1.29 is 18.7 Å². The van der Waals surface area contributed by atoms with Crippen LogP contribution in [0.25, 0.3) is 16.8 Å². The predicted octanol–water partition coefficient (Wildman–Crippen LogP) is 3.52. The van der Waals surface area contributed by atoms with E-state index in [9.17, 15) is 9.90 Å². The molecule has 1 amide bonds. The lowest BCUT2D eigenvalue weighted by Gasteiger charge is -2.46. The Balaban J connectivity index is 1.46. The highest BCUT2D eigenvalue weighted by Crippen LogP contribution is 2.32. The number of nitrogens with zero attached hydrogens (tertiary/aromatic N) is 6. The summed E-state index contributed by atoms with van der Waals surface area (Å²) in [5, 5.41) is 14.7. The van der Waals surface area contributed by atoms with Gasteiger partial charge in [0.25, 0.3) is 0 Å². The van der Waals surface area contributed by atoms with Crippen LogP contribution in [-0.2, 0) is 16.8 Å². The van der Waals surface area contributed by atoms with Crippen molar-refractivity contribution in [2.24, 2.45) is 11.7 Å². The molecule has 1 aliphatic heterocycles. The summed E-state index contributed by atoms with van der Waals surface area (Å²) < 4.78 is 31.7. The summed E-state index contributed by atoms with van der Waals surface area (Å²) in [6.07, 6.45) is 5.53. The molecule has 5 rings (SSSR count). The van der Waals surface area contributed by atoms with Gasteiger partial charge in [-0.1, -0.05) is 6.92 Å². The third-order valence-electron chi connectivity index (χ3n) is 7.93. The Morgan fingerprint density at radius 3 is 2.51 bits per heavy atom. The molecule has 0 radical (unpaired) electrons. The average molecular weight is 564 g/mol. The first-order valence-electron chi connectivity index (χ1n) is 13.6. The maximum absolute atomic E-state index is 15.1. The van der Waals surface area contributed by atoms with Gasteiger partial charge in [0.1, 0.15) is 17.5 Å². The molecule has 0 unspecified atom stereocenters. The van der Waals surface area contributed by atoms with Gasteiger partial charge in [0.05, 0.1) is 34.6 Å². The molecule has 0 bridgehead atoms. The van der Waals surface area contributed by atoms with Gasteiger partial charge in [-0.15, -0.1) is 0 Å². The fraction of sp³-hybridized carbons (Fsp3) is 0.400. The number of aliphatic hydroxyl groups is 1. The Morgan fingerprint density at radius 2 is 1.88 bits per heavy atom. The number of halogens is 2. The van der Waals surface area contributed by atoms with Gasteiger partial charge in [0.15, 0.2) is 0 Å². The minimum atomic E-state index is -1.39. The predicted molar refractivity (Wildman–Crippen MR) is 152 cm³/mol. The number of nitrogens with two attached hydrogens (primary N) is 1. The van der Waals surface area contributed by atoms with Crippen LogP contribution in [0.15, 0.2) is 48.9 Å². The number of aromatic nitrogens is 4. The number of amides is 1. The molecule has 1 fully saturated rings. The van der Waals surface area contributed by atoms with Crippen molar-refractivity contribution in [1.29, 1.82) is 0 Å². The van der Waals surface area contributed by atoms with E-state index in [1.54, 1.807) is 54.1 Å². The number of carbonyl (C=O) groups is 1. The van der Waals surface area contributed by atoms with Gasteiger partial charge in [0.2, 0.25) is 5.91 Å². The first-order valence-corrected chi connectivity index (χ1v) is 13.6. The van der Waals surface area contributed by atoms with Crippen molar-refractivity contribution in [2.75, 3.05) is 25.0 Å². The first kappa shape index (κ1) is 28.6. The lowest BCUT2D eigenvalue weighted by atomic mass is 9.88. The van der Waals surface area contributed by atoms with Gasteiger partial charge in [-0.3, -0.25) is 9.78 Å². The van der Waals surface area contributed by atoms with Crippen LogP contribution in [0.3, 0.4) is 0 Å².